The topological polar surface area (TPSA) is 109 Å². The molecular formula is C24H17Cl2F3N4O4. The van der Waals surface area contributed by atoms with Gasteiger partial charge in [0.1, 0.15) is 5.75 Å². The maximum Gasteiger partial charge on any atom is 0.416 e. The van der Waals surface area contributed by atoms with Crippen molar-refractivity contribution in [2.75, 3.05) is 17.2 Å². The second-order valence-corrected chi connectivity index (χ2v) is 8.02. The van der Waals surface area contributed by atoms with E-state index in [1.165, 1.54) is 42.6 Å². The molecule has 8 nitrogen and oxygen atoms in total. The minimum Gasteiger partial charge on any atom is -0.484 e. The molecule has 3 aromatic rings. The molecule has 0 spiro atoms. The van der Waals surface area contributed by atoms with Crippen LogP contribution in [-0.4, -0.2) is 30.5 Å². The maximum absolute atomic E-state index is 12.8. The molecule has 0 saturated carbocycles. The van der Waals surface area contributed by atoms with Crippen LogP contribution in [0.4, 0.5) is 24.5 Å². The van der Waals surface area contributed by atoms with Crippen molar-refractivity contribution in [1.82, 2.24) is 5.43 Å². The average Bonchev–Trinajstić information content (AvgIpc) is 2.86. The number of carbonyl (C=O) groups excluding carboxylic acids is 3. The van der Waals surface area contributed by atoms with Gasteiger partial charge in [-0.1, -0.05) is 35.3 Å². The summed E-state index contributed by atoms with van der Waals surface area (Å²) in [5.41, 5.74) is 1.86. The molecular weight excluding hydrogens is 536 g/mol. The van der Waals surface area contributed by atoms with Crippen molar-refractivity contribution in [3.05, 3.63) is 87.9 Å². The summed E-state index contributed by atoms with van der Waals surface area (Å²) in [5.74, 6) is -2.39. The smallest absolute Gasteiger partial charge is 0.416 e. The molecule has 0 bridgehead atoms. The van der Waals surface area contributed by atoms with Gasteiger partial charge in [0, 0.05) is 5.69 Å². The van der Waals surface area contributed by atoms with E-state index >= 15 is 0 Å². The molecule has 0 unspecified atom stereocenters. The molecule has 0 aromatic heterocycles. The first-order valence-corrected chi connectivity index (χ1v) is 11.1. The SMILES string of the molecule is O=C(COc1ccc(/C=N\NC(=O)C(=O)Nc2cccc(Cl)c2Cl)cc1)Nc1cccc(C(F)(F)F)c1. The third-order valence-corrected chi connectivity index (χ3v) is 5.33. The number of carbonyl (C=O) groups is 3. The quantitative estimate of drug-likeness (QED) is 0.215. The fourth-order valence-corrected chi connectivity index (χ4v) is 3.11. The lowest BCUT2D eigenvalue weighted by Crippen LogP contribution is -2.32. The van der Waals surface area contributed by atoms with Gasteiger partial charge in [-0.3, -0.25) is 14.4 Å². The van der Waals surface area contributed by atoms with Crippen molar-refractivity contribution in [1.29, 1.82) is 0 Å². The van der Waals surface area contributed by atoms with E-state index in [0.29, 0.717) is 11.3 Å². The van der Waals surface area contributed by atoms with Crippen LogP contribution in [0.2, 0.25) is 10.0 Å². The zero-order valence-electron chi connectivity index (χ0n) is 18.6. The van der Waals surface area contributed by atoms with E-state index in [1.807, 2.05) is 0 Å². The minimum absolute atomic E-state index is 0.0126. The normalized spacial score (nSPS) is 11.2. The van der Waals surface area contributed by atoms with Gasteiger partial charge in [0.2, 0.25) is 0 Å². The molecule has 3 amide bonds. The minimum atomic E-state index is -4.53. The van der Waals surface area contributed by atoms with Crippen molar-refractivity contribution in [3.63, 3.8) is 0 Å². The van der Waals surface area contributed by atoms with E-state index in [1.54, 1.807) is 18.2 Å². The standard InChI is InChI=1S/C24H17Cl2F3N4O4/c25-18-5-2-6-19(21(18)26)32-22(35)23(36)33-30-12-14-7-9-17(10-8-14)37-13-20(34)31-16-4-1-3-15(11-16)24(27,28)29/h1-12H,13H2,(H,31,34)(H,32,35)(H,33,36)/b30-12-. The molecule has 0 radical (unpaired) electrons. The number of hydrogen-bond acceptors (Lipinski definition) is 5. The second kappa shape index (κ2) is 12.2. The van der Waals surface area contributed by atoms with Crippen LogP contribution in [0.15, 0.2) is 71.8 Å². The summed E-state index contributed by atoms with van der Waals surface area (Å²) in [4.78, 5) is 35.9. The highest BCUT2D eigenvalue weighted by Crippen LogP contribution is 2.31. The summed E-state index contributed by atoms with van der Waals surface area (Å²) in [7, 11) is 0. The Morgan fingerprint density at radius 2 is 1.62 bits per heavy atom. The van der Waals surface area contributed by atoms with E-state index in [4.69, 9.17) is 27.9 Å². The zero-order chi connectivity index (χ0) is 27.0. The van der Waals surface area contributed by atoms with E-state index in [2.05, 4.69) is 21.2 Å². The molecule has 0 aliphatic rings. The monoisotopic (exact) mass is 552 g/mol. The molecule has 3 aromatic carbocycles. The molecule has 37 heavy (non-hydrogen) atoms. The van der Waals surface area contributed by atoms with Gasteiger partial charge >= 0.3 is 18.0 Å². The first-order chi connectivity index (χ1) is 17.5. The van der Waals surface area contributed by atoms with Gasteiger partial charge in [-0.25, -0.2) is 5.43 Å². The van der Waals surface area contributed by atoms with Crippen molar-refractivity contribution in [2.24, 2.45) is 5.10 Å². The number of hydrazone groups is 1. The highest BCUT2D eigenvalue weighted by atomic mass is 35.5. The molecule has 0 heterocycles. The number of rotatable bonds is 7. The number of nitrogens with zero attached hydrogens (tertiary/aromatic N) is 1. The average molecular weight is 553 g/mol. The van der Waals surface area contributed by atoms with Crippen LogP contribution in [0.5, 0.6) is 5.75 Å². The van der Waals surface area contributed by atoms with Gasteiger partial charge in [0.15, 0.2) is 6.61 Å². The Kier molecular flexibility index (Phi) is 9.10. The fraction of sp³-hybridized carbons (Fsp3) is 0.0833. The number of amides is 3. The molecule has 0 aliphatic carbocycles. The van der Waals surface area contributed by atoms with Gasteiger partial charge in [-0.15, -0.1) is 0 Å². The molecule has 0 fully saturated rings. The predicted molar refractivity (Wildman–Crippen MR) is 133 cm³/mol. The third-order valence-electron chi connectivity index (χ3n) is 4.51. The number of nitrogens with one attached hydrogen (secondary N) is 3. The second-order valence-electron chi connectivity index (χ2n) is 7.24. The van der Waals surface area contributed by atoms with Crippen molar-refractivity contribution in [3.8, 4) is 5.75 Å². The van der Waals surface area contributed by atoms with Crippen LogP contribution in [0, 0.1) is 0 Å². The summed E-state index contributed by atoms with van der Waals surface area (Å²) in [6.07, 6.45) is -3.26. The molecule has 0 atom stereocenters. The Morgan fingerprint density at radius 1 is 0.919 bits per heavy atom. The lowest BCUT2D eigenvalue weighted by molar-refractivity contribution is -0.137. The highest BCUT2D eigenvalue weighted by Gasteiger charge is 2.30. The van der Waals surface area contributed by atoms with Gasteiger partial charge in [-0.05, 0) is 60.2 Å². The lowest BCUT2D eigenvalue weighted by atomic mass is 10.2. The van der Waals surface area contributed by atoms with E-state index < -0.39 is 36.1 Å². The largest absolute Gasteiger partial charge is 0.484 e. The highest BCUT2D eigenvalue weighted by molar-refractivity contribution is 6.45. The Balaban J connectivity index is 1.46. The Bertz CT molecular complexity index is 1330. The summed E-state index contributed by atoms with van der Waals surface area (Å²) in [5, 5.41) is 8.63. The molecule has 0 aliphatic heterocycles. The summed E-state index contributed by atoms with van der Waals surface area (Å²) < 4.78 is 43.6. The van der Waals surface area contributed by atoms with Gasteiger partial charge in [-0.2, -0.15) is 18.3 Å². The lowest BCUT2D eigenvalue weighted by Gasteiger charge is -2.10. The molecule has 13 heteroatoms. The summed E-state index contributed by atoms with van der Waals surface area (Å²) in [6.45, 7) is -0.439. The van der Waals surface area contributed by atoms with E-state index in [9.17, 15) is 27.6 Å². The van der Waals surface area contributed by atoms with Crippen LogP contribution < -0.4 is 20.8 Å². The van der Waals surface area contributed by atoms with Gasteiger partial charge in [0.05, 0.1) is 27.5 Å². The number of benzene rings is 3. The molecule has 3 N–H and O–H groups in total. The van der Waals surface area contributed by atoms with Gasteiger partial charge in [0.25, 0.3) is 5.91 Å². The van der Waals surface area contributed by atoms with Crippen LogP contribution in [-0.2, 0) is 20.6 Å². The van der Waals surface area contributed by atoms with Crippen molar-refractivity contribution < 1.29 is 32.3 Å². The number of halogens is 5. The first kappa shape index (κ1) is 27.5. The van der Waals surface area contributed by atoms with E-state index in [0.717, 1.165) is 12.1 Å². The van der Waals surface area contributed by atoms with Crippen molar-refractivity contribution >= 4 is 58.5 Å². The van der Waals surface area contributed by atoms with Gasteiger partial charge < -0.3 is 15.4 Å². The Labute approximate surface area is 218 Å². The fourth-order valence-electron chi connectivity index (χ4n) is 2.76. The third kappa shape index (κ3) is 8.23. The Hall–Kier alpha value is -4.09. The number of hydrogen-bond donors (Lipinski definition) is 3. The number of ether oxygens (including phenoxy) is 1. The molecule has 0 saturated heterocycles. The maximum atomic E-state index is 12.8. The molecule has 3 rings (SSSR count). The van der Waals surface area contributed by atoms with E-state index in [-0.39, 0.29) is 21.4 Å². The summed E-state index contributed by atoms with van der Waals surface area (Å²) in [6, 6.07) is 14.9. The number of anilines is 2. The molecule has 192 valence electrons. The Morgan fingerprint density at radius 3 is 2.32 bits per heavy atom. The van der Waals surface area contributed by atoms with Crippen molar-refractivity contribution in [2.45, 2.75) is 6.18 Å². The zero-order valence-corrected chi connectivity index (χ0v) is 20.1. The predicted octanol–water partition coefficient (Wildman–Crippen LogP) is 5.12. The van der Waals surface area contributed by atoms with Crippen LogP contribution in [0.3, 0.4) is 0 Å². The van der Waals surface area contributed by atoms with Crippen LogP contribution >= 0.6 is 23.2 Å². The van der Waals surface area contributed by atoms with Crippen LogP contribution in [0.1, 0.15) is 11.1 Å². The summed E-state index contributed by atoms with van der Waals surface area (Å²) >= 11 is 11.8. The van der Waals surface area contributed by atoms with Crippen LogP contribution in [0.25, 0.3) is 0 Å². The number of alkyl halides is 3. The first-order valence-electron chi connectivity index (χ1n) is 10.3.